The second kappa shape index (κ2) is 12.5. The maximum atomic E-state index is 6.85. The standard InChI is InChI=1S/C55H46N2O/c1-53(2)47-22-14-12-20-42(47)46-32-38(26-29-48(46)53)56(36-16-8-6-9-17-36)39-24-27-43-44-28-25-40(35-52(44)58-51(43)34-39)57(37-18-10-7-11-19-37)41-30-31-55(5)50(33-41)45-21-13-15-23-49(45)54(55,3)4/h6-35,50H,1-5H3. The Hall–Kier alpha value is -6.58. The molecule has 8 aromatic rings. The lowest BCUT2D eigenvalue weighted by atomic mass is 9.62. The molecule has 3 aliphatic rings. The van der Waals surface area contributed by atoms with Crippen molar-refractivity contribution in [1.82, 2.24) is 0 Å². The molecule has 282 valence electrons. The van der Waals surface area contributed by atoms with E-state index in [2.05, 4.69) is 226 Å². The van der Waals surface area contributed by atoms with Crippen molar-refractivity contribution in [1.29, 1.82) is 0 Å². The number of fused-ring (bicyclic) bond motifs is 9. The zero-order valence-corrected chi connectivity index (χ0v) is 33.7. The number of rotatable bonds is 6. The third-order valence-electron chi connectivity index (χ3n) is 14.0. The van der Waals surface area contributed by atoms with Gasteiger partial charge in [-0.15, -0.1) is 0 Å². The van der Waals surface area contributed by atoms with Gasteiger partial charge in [0.1, 0.15) is 11.2 Å². The first-order valence-electron chi connectivity index (χ1n) is 20.6. The summed E-state index contributed by atoms with van der Waals surface area (Å²) in [5, 5.41) is 2.21. The van der Waals surface area contributed by atoms with Crippen LogP contribution in [0.5, 0.6) is 0 Å². The third kappa shape index (κ3) is 4.92. The van der Waals surface area contributed by atoms with Gasteiger partial charge in [0.05, 0.1) is 0 Å². The zero-order valence-electron chi connectivity index (χ0n) is 33.7. The summed E-state index contributed by atoms with van der Waals surface area (Å²) in [6.45, 7) is 11.9. The van der Waals surface area contributed by atoms with Crippen LogP contribution in [0.1, 0.15) is 62.8 Å². The van der Waals surface area contributed by atoms with Crippen molar-refractivity contribution in [3.63, 3.8) is 0 Å². The Kier molecular flexibility index (Phi) is 7.44. The van der Waals surface area contributed by atoms with Gasteiger partial charge in [0.15, 0.2) is 0 Å². The fraction of sp³-hybridized carbons (Fsp3) is 0.164. The highest BCUT2D eigenvalue weighted by Gasteiger charge is 2.54. The van der Waals surface area contributed by atoms with Crippen LogP contribution < -0.4 is 9.80 Å². The molecule has 0 bridgehead atoms. The summed E-state index contributed by atoms with van der Waals surface area (Å²) < 4.78 is 6.85. The number of allylic oxidation sites excluding steroid dienone is 3. The van der Waals surface area contributed by atoms with E-state index in [0.717, 1.165) is 56.1 Å². The van der Waals surface area contributed by atoms with Gasteiger partial charge in [-0.3, -0.25) is 0 Å². The molecule has 0 radical (unpaired) electrons. The molecule has 0 aliphatic heterocycles. The van der Waals surface area contributed by atoms with Crippen molar-refractivity contribution in [3.05, 3.63) is 210 Å². The lowest BCUT2D eigenvalue weighted by Gasteiger charge is -2.43. The first kappa shape index (κ1) is 34.7. The van der Waals surface area contributed by atoms with E-state index < -0.39 is 0 Å². The molecule has 3 aliphatic carbocycles. The predicted molar refractivity (Wildman–Crippen MR) is 242 cm³/mol. The van der Waals surface area contributed by atoms with Gasteiger partial charge in [-0.1, -0.05) is 138 Å². The minimum atomic E-state index is -0.0482. The van der Waals surface area contributed by atoms with Crippen LogP contribution in [-0.2, 0) is 10.8 Å². The number of anilines is 5. The van der Waals surface area contributed by atoms with Crippen molar-refractivity contribution < 1.29 is 4.42 Å². The van der Waals surface area contributed by atoms with Crippen molar-refractivity contribution >= 4 is 50.4 Å². The fourth-order valence-corrected chi connectivity index (χ4v) is 10.5. The topological polar surface area (TPSA) is 19.6 Å². The molecule has 0 amide bonds. The molecule has 1 aromatic heterocycles. The largest absolute Gasteiger partial charge is 0.456 e. The molecule has 11 rings (SSSR count). The van der Waals surface area contributed by atoms with Crippen molar-refractivity contribution in [2.24, 2.45) is 5.41 Å². The summed E-state index contributed by atoms with van der Waals surface area (Å²) >= 11 is 0. The van der Waals surface area contributed by atoms with Crippen LogP contribution in [-0.4, -0.2) is 0 Å². The monoisotopic (exact) mass is 750 g/mol. The number of hydrogen-bond donors (Lipinski definition) is 0. The molecule has 0 saturated carbocycles. The average molecular weight is 751 g/mol. The maximum Gasteiger partial charge on any atom is 0.137 e. The van der Waals surface area contributed by atoms with E-state index in [-0.39, 0.29) is 22.2 Å². The molecule has 2 unspecified atom stereocenters. The van der Waals surface area contributed by atoms with E-state index >= 15 is 0 Å². The van der Waals surface area contributed by atoms with Gasteiger partial charge < -0.3 is 14.2 Å². The number of furan rings is 1. The summed E-state index contributed by atoms with van der Waals surface area (Å²) in [7, 11) is 0. The Labute approximate surface area is 341 Å². The summed E-state index contributed by atoms with van der Waals surface area (Å²) in [5.41, 5.74) is 16.5. The Bertz CT molecular complexity index is 2990. The molecule has 0 saturated heterocycles. The van der Waals surface area contributed by atoms with Gasteiger partial charge in [-0.25, -0.2) is 0 Å². The number of benzene rings is 7. The van der Waals surface area contributed by atoms with Crippen LogP contribution in [0.4, 0.5) is 28.4 Å². The number of hydrogen-bond acceptors (Lipinski definition) is 3. The predicted octanol–water partition coefficient (Wildman–Crippen LogP) is 15.0. The Morgan fingerprint density at radius 3 is 1.69 bits per heavy atom. The SMILES string of the molecule is CC1(C)c2ccccc2-c2cc(N(c3ccccc3)c3ccc4c(c3)oc3cc(N(C5=CC6c7ccccc7C(C)(C)C6(C)C=C5)c5ccccc5)ccc34)ccc21. The molecular weight excluding hydrogens is 705 g/mol. The van der Waals surface area contributed by atoms with Crippen LogP contribution in [0.2, 0.25) is 0 Å². The molecule has 2 atom stereocenters. The van der Waals surface area contributed by atoms with Crippen molar-refractivity contribution in [2.75, 3.05) is 9.80 Å². The highest BCUT2D eigenvalue weighted by Crippen LogP contribution is 2.62. The summed E-state index contributed by atoms with van der Waals surface area (Å²) in [4.78, 5) is 4.73. The Morgan fingerprint density at radius 1 is 0.466 bits per heavy atom. The van der Waals surface area contributed by atoms with Crippen LogP contribution in [0.3, 0.4) is 0 Å². The zero-order chi connectivity index (χ0) is 39.4. The van der Waals surface area contributed by atoms with Gasteiger partial charge in [0.25, 0.3) is 0 Å². The molecule has 0 fully saturated rings. The van der Waals surface area contributed by atoms with Crippen LogP contribution >= 0.6 is 0 Å². The smallest absolute Gasteiger partial charge is 0.137 e. The Balaban J connectivity index is 1.02. The van der Waals surface area contributed by atoms with Gasteiger partial charge in [-0.2, -0.15) is 0 Å². The van der Waals surface area contributed by atoms with E-state index in [0.29, 0.717) is 0 Å². The lowest BCUT2D eigenvalue weighted by molar-refractivity contribution is 0.243. The van der Waals surface area contributed by atoms with Crippen molar-refractivity contribution in [3.8, 4) is 11.1 Å². The molecule has 0 spiro atoms. The van der Waals surface area contributed by atoms with Gasteiger partial charge in [0.2, 0.25) is 0 Å². The highest BCUT2D eigenvalue weighted by atomic mass is 16.3. The molecule has 1 heterocycles. The first-order chi connectivity index (χ1) is 28.1. The molecule has 3 nitrogen and oxygen atoms in total. The molecular formula is C55H46N2O. The van der Waals surface area contributed by atoms with Gasteiger partial charge in [-0.05, 0) is 106 Å². The third-order valence-corrected chi connectivity index (χ3v) is 14.0. The molecule has 58 heavy (non-hydrogen) atoms. The second-order valence-electron chi connectivity index (χ2n) is 17.6. The Morgan fingerprint density at radius 2 is 1.00 bits per heavy atom. The summed E-state index contributed by atoms with van der Waals surface area (Å²) in [5.74, 6) is 0.262. The van der Waals surface area contributed by atoms with Gasteiger partial charge >= 0.3 is 0 Å². The molecule has 7 aromatic carbocycles. The van der Waals surface area contributed by atoms with E-state index in [4.69, 9.17) is 4.42 Å². The fourth-order valence-electron chi connectivity index (χ4n) is 10.5. The van der Waals surface area contributed by atoms with Crippen LogP contribution in [0.15, 0.2) is 192 Å². The lowest BCUT2D eigenvalue weighted by Crippen LogP contribution is -2.37. The average Bonchev–Trinajstić information content (AvgIpc) is 3.79. The van der Waals surface area contributed by atoms with Gasteiger partial charge in [0, 0.05) is 73.8 Å². The normalized spacial score (nSPS) is 19.3. The van der Waals surface area contributed by atoms with E-state index in [1.165, 1.54) is 33.4 Å². The molecule has 0 N–H and O–H groups in total. The van der Waals surface area contributed by atoms with Crippen LogP contribution in [0.25, 0.3) is 33.1 Å². The maximum absolute atomic E-state index is 6.85. The van der Waals surface area contributed by atoms with E-state index in [9.17, 15) is 0 Å². The minimum absolute atomic E-state index is 0.00930. The van der Waals surface area contributed by atoms with Crippen LogP contribution in [0, 0.1) is 5.41 Å². The van der Waals surface area contributed by atoms with Crippen molar-refractivity contribution in [2.45, 2.75) is 51.4 Å². The molecule has 3 heteroatoms. The first-order valence-corrected chi connectivity index (χ1v) is 20.6. The van der Waals surface area contributed by atoms with E-state index in [1.54, 1.807) is 0 Å². The second-order valence-corrected chi connectivity index (χ2v) is 17.6. The number of para-hydroxylation sites is 2. The highest BCUT2D eigenvalue weighted by molar-refractivity contribution is 6.07. The summed E-state index contributed by atoms with van der Waals surface area (Å²) in [6, 6.07) is 59.5. The quantitative estimate of drug-likeness (QED) is 0.169. The summed E-state index contributed by atoms with van der Waals surface area (Å²) in [6.07, 6.45) is 7.29. The number of nitrogens with zero attached hydrogens (tertiary/aromatic N) is 2. The van der Waals surface area contributed by atoms with E-state index in [1.807, 2.05) is 0 Å². The minimum Gasteiger partial charge on any atom is -0.456 e.